The van der Waals surface area contributed by atoms with E-state index in [4.69, 9.17) is 4.74 Å². The number of para-hydroxylation sites is 1. The number of benzene rings is 1. The molecule has 1 aromatic rings. The summed E-state index contributed by atoms with van der Waals surface area (Å²) in [5.74, 6) is 0.0294. The zero-order chi connectivity index (χ0) is 8.39. The lowest BCUT2D eigenvalue weighted by Crippen LogP contribution is -2.45. The van der Waals surface area contributed by atoms with Crippen molar-refractivity contribution in [1.29, 1.82) is 0 Å². The first-order chi connectivity index (χ1) is 5.86. The number of hydrogen-bond acceptors (Lipinski definition) is 1. The van der Waals surface area contributed by atoms with Gasteiger partial charge in [-0.3, -0.25) is 0 Å². The number of halogens is 1. The summed E-state index contributed by atoms with van der Waals surface area (Å²) in [6, 6.07) is 6.43. The van der Waals surface area contributed by atoms with E-state index in [0.29, 0.717) is 18.8 Å². The van der Waals surface area contributed by atoms with Gasteiger partial charge in [0, 0.05) is 0 Å². The van der Waals surface area contributed by atoms with Gasteiger partial charge in [-0.2, -0.15) is 0 Å². The summed E-state index contributed by atoms with van der Waals surface area (Å²) < 4.78 is 18.3. The maximum atomic E-state index is 13.0. The molecule has 0 atom stereocenters. The molecule has 0 aromatic heterocycles. The highest BCUT2D eigenvalue weighted by molar-refractivity contribution is 5.24. The third-order valence-corrected chi connectivity index (χ3v) is 1.80. The van der Waals surface area contributed by atoms with Gasteiger partial charge in [-0.15, -0.1) is 0 Å². The van der Waals surface area contributed by atoms with E-state index in [2.05, 4.69) is 5.32 Å². The zero-order valence-electron chi connectivity index (χ0n) is 6.53. The van der Waals surface area contributed by atoms with E-state index in [-0.39, 0.29) is 11.9 Å². The van der Waals surface area contributed by atoms with Gasteiger partial charge in [-0.05, 0) is 12.1 Å². The van der Waals surface area contributed by atoms with Gasteiger partial charge >= 0.3 is 0 Å². The predicted octanol–water partition coefficient (Wildman–Crippen LogP) is 1.19. The summed E-state index contributed by atoms with van der Waals surface area (Å²) in [5, 5.41) is 3.98. The molecule has 1 radical (unpaired) electrons. The van der Waals surface area contributed by atoms with E-state index in [1.54, 1.807) is 18.2 Å². The minimum absolute atomic E-state index is 0.0851. The van der Waals surface area contributed by atoms with E-state index < -0.39 is 0 Å². The van der Waals surface area contributed by atoms with Crippen LogP contribution in [0.15, 0.2) is 24.3 Å². The largest absolute Gasteiger partial charge is 0.485 e. The minimum atomic E-state index is -0.301. The van der Waals surface area contributed by atoms with E-state index in [0.717, 1.165) is 0 Å². The van der Waals surface area contributed by atoms with Crippen molar-refractivity contribution in [1.82, 2.24) is 5.32 Å². The molecule has 0 aliphatic carbocycles. The average Bonchev–Trinajstić information content (AvgIpc) is 2.00. The summed E-state index contributed by atoms with van der Waals surface area (Å²) >= 11 is 0. The molecular formula is C9H9FNO. The van der Waals surface area contributed by atoms with Crippen LogP contribution in [0.2, 0.25) is 0 Å². The highest BCUT2D eigenvalue weighted by atomic mass is 19.1. The highest BCUT2D eigenvalue weighted by Gasteiger charge is 2.20. The van der Waals surface area contributed by atoms with Crippen LogP contribution in [-0.2, 0) is 0 Å². The van der Waals surface area contributed by atoms with E-state index in [9.17, 15) is 4.39 Å². The molecule has 0 saturated carbocycles. The monoisotopic (exact) mass is 166 g/mol. The van der Waals surface area contributed by atoms with Crippen LogP contribution in [0.5, 0.6) is 5.75 Å². The molecule has 1 saturated heterocycles. The Morgan fingerprint density at radius 2 is 2.08 bits per heavy atom. The van der Waals surface area contributed by atoms with Gasteiger partial charge in [0.25, 0.3) is 0 Å². The van der Waals surface area contributed by atoms with Gasteiger partial charge in [0.2, 0.25) is 0 Å². The highest BCUT2D eigenvalue weighted by Crippen LogP contribution is 2.18. The van der Waals surface area contributed by atoms with Crippen LogP contribution in [0, 0.1) is 5.82 Å². The van der Waals surface area contributed by atoms with Crippen LogP contribution in [0.3, 0.4) is 0 Å². The summed E-state index contributed by atoms with van der Waals surface area (Å²) in [5.41, 5.74) is 0. The topological polar surface area (TPSA) is 23.3 Å². The maximum absolute atomic E-state index is 13.0. The van der Waals surface area contributed by atoms with Crippen LogP contribution in [-0.4, -0.2) is 19.2 Å². The van der Waals surface area contributed by atoms with Crippen molar-refractivity contribution in [2.24, 2.45) is 0 Å². The van der Waals surface area contributed by atoms with Crippen molar-refractivity contribution in [2.75, 3.05) is 13.1 Å². The molecule has 12 heavy (non-hydrogen) atoms. The van der Waals surface area contributed by atoms with Crippen molar-refractivity contribution in [3.8, 4) is 5.75 Å². The molecule has 0 unspecified atom stereocenters. The van der Waals surface area contributed by atoms with Gasteiger partial charge in [0.05, 0.1) is 13.1 Å². The maximum Gasteiger partial charge on any atom is 0.165 e. The molecule has 1 fully saturated rings. The van der Waals surface area contributed by atoms with Crippen molar-refractivity contribution < 1.29 is 9.13 Å². The van der Waals surface area contributed by atoms with Crippen molar-refractivity contribution in [2.45, 2.75) is 6.10 Å². The predicted molar refractivity (Wildman–Crippen MR) is 42.7 cm³/mol. The van der Waals surface area contributed by atoms with Crippen LogP contribution >= 0.6 is 0 Å². The standard InChI is InChI=1S/C9H9FNO/c10-8-3-1-2-4-9(8)12-7-5-11-6-7/h1-4,7H,5-6H2. The molecular weight excluding hydrogens is 157 g/mol. The molecule has 2 rings (SSSR count). The second-order valence-corrected chi connectivity index (χ2v) is 2.76. The number of rotatable bonds is 2. The Balaban J connectivity index is 2.06. The van der Waals surface area contributed by atoms with Gasteiger partial charge < -0.3 is 4.74 Å². The molecule has 3 heteroatoms. The smallest absolute Gasteiger partial charge is 0.165 e. The quantitative estimate of drug-likeness (QED) is 0.647. The first kappa shape index (κ1) is 7.55. The summed E-state index contributed by atoms with van der Waals surface area (Å²) in [4.78, 5) is 0. The second-order valence-electron chi connectivity index (χ2n) is 2.76. The second kappa shape index (κ2) is 3.11. The van der Waals surface area contributed by atoms with Crippen LogP contribution in [0.25, 0.3) is 0 Å². The molecule has 0 bridgehead atoms. The average molecular weight is 166 g/mol. The lowest BCUT2D eigenvalue weighted by atomic mass is 10.2. The third-order valence-electron chi connectivity index (χ3n) is 1.80. The SMILES string of the molecule is Fc1ccccc1OC1C[N]C1. The first-order valence-electron chi connectivity index (χ1n) is 3.91. The Bertz CT molecular complexity index is 273. The lowest BCUT2D eigenvalue weighted by molar-refractivity contribution is 0.133. The van der Waals surface area contributed by atoms with Gasteiger partial charge in [0.1, 0.15) is 6.10 Å². The lowest BCUT2D eigenvalue weighted by Gasteiger charge is -2.26. The normalized spacial score (nSPS) is 17.1. The Morgan fingerprint density at radius 1 is 1.33 bits per heavy atom. The molecule has 1 aliphatic rings. The molecule has 1 aliphatic heterocycles. The molecule has 2 nitrogen and oxygen atoms in total. The third kappa shape index (κ3) is 1.41. The molecule has 0 spiro atoms. The van der Waals surface area contributed by atoms with Crippen molar-refractivity contribution >= 4 is 0 Å². The molecule has 0 N–H and O–H groups in total. The summed E-state index contributed by atoms with van der Waals surface area (Å²) in [6.45, 7) is 1.38. The van der Waals surface area contributed by atoms with E-state index >= 15 is 0 Å². The van der Waals surface area contributed by atoms with Gasteiger partial charge in [-0.25, -0.2) is 9.71 Å². The zero-order valence-corrected chi connectivity index (χ0v) is 6.53. The Labute approximate surface area is 70.3 Å². The number of nitrogens with zero attached hydrogens (tertiary/aromatic N) is 1. The number of hydrogen-bond donors (Lipinski definition) is 0. The molecule has 63 valence electrons. The van der Waals surface area contributed by atoms with E-state index in [1.807, 2.05) is 0 Å². The molecule has 1 aromatic carbocycles. The van der Waals surface area contributed by atoms with E-state index in [1.165, 1.54) is 6.07 Å². The minimum Gasteiger partial charge on any atom is -0.485 e. The Kier molecular flexibility index (Phi) is 1.96. The van der Waals surface area contributed by atoms with Crippen LogP contribution < -0.4 is 10.1 Å². The fraction of sp³-hybridized carbons (Fsp3) is 0.333. The number of ether oxygens (including phenoxy) is 1. The Hall–Kier alpha value is -1.09. The van der Waals surface area contributed by atoms with Crippen LogP contribution in [0.4, 0.5) is 4.39 Å². The summed E-state index contributed by atoms with van der Waals surface area (Å²) in [7, 11) is 0. The molecule has 1 heterocycles. The van der Waals surface area contributed by atoms with Gasteiger partial charge in [-0.1, -0.05) is 12.1 Å². The van der Waals surface area contributed by atoms with Crippen molar-refractivity contribution in [3.05, 3.63) is 30.1 Å². The van der Waals surface area contributed by atoms with Crippen LogP contribution in [0.1, 0.15) is 0 Å². The fourth-order valence-corrected chi connectivity index (χ4v) is 1.03. The van der Waals surface area contributed by atoms with Gasteiger partial charge in [0.15, 0.2) is 11.6 Å². The Morgan fingerprint density at radius 3 is 2.67 bits per heavy atom. The molecule has 0 amide bonds. The first-order valence-corrected chi connectivity index (χ1v) is 3.91. The fourth-order valence-electron chi connectivity index (χ4n) is 1.03. The van der Waals surface area contributed by atoms with Crippen molar-refractivity contribution in [3.63, 3.8) is 0 Å². The summed E-state index contributed by atoms with van der Waals surface area (Å²) in [6.07, 6.45) is 0.0851.